The standard InChI is InChI=1S/C29H34N2O7/c1-2-14-36-22-7-4-20(5-8-22)26-25(27(32)21-6-9-23-24(19-21)38-18-17-37-23)28(33)29(34)31(26)11-3-10-30-12-15-35-16-13-30/h4-9,19,26,32H,2-3,10-18H2,1H3. The summed E-state index contributed by atoms with van der Waals surface area (Å²) in [6.45, 7) is 8.00. The number of ketones is 1. The van der Waals surface area contributed by atoms with E-state index in [1.54, 1.807) is 23.1 Å². The average Bonchev–Trinajstić information content (AvgIpc) is 3.21. The van der Waals surface area contributed by atoms with Crippen LogP contribution in [0.1, 0.15) is 36.9 Å². The van der Waals surface area contributed by atoms with Gasteiger partial charge in [-0.15, -0.1) is 0 Å². The zero-order chi connectivity index (χ0) is 26.5. The Balaban J connectivity index is 1.47. The smallest absolute Gasteiger partial charge is 0.295 e. The summed E-state index contributed by atoms with van der Waals surface area (Å²) in [7, 11) is 0. The van der Waals surface area contributed by atoms with E-state index in [-0.39, 0.29) is 11.1 Å². The number of rotatable bonds is 9. The highest BCUT2D eigenvalue weighted by molar-refractivity contribution is 6.46. The van der Waals surface area contributed by atoms with Gasteiger partial charge in [-0.1, -0.05) is 30.9 Å². The Morgan fingerprint density at radius 3 is 2.50 bits per heavy atom. The van der Waals surface area contributed by atoms with E-state index in [4.69, 9.17) is 18.9 Å². The van der Waals surface area contributed by atoms with Crippen LogP contribution in [0.5, 0.6) is 17.2 Å². The van der Waals surface area contributed by atoms with Crippen LogP contribution in [0.25, 0.3) is 5.76 Å². The van der Waals surface area contributed by atoms with Crippen LogP contribution >= 0.6 is 0 Å². The van der Waals surface area contributed by atoms with E-state index in [0.717, 1.165) is 39.3 Å². The van der Waals surface area contributed by atoms with Crippen molar-refractivity contribution in [1.82, 2.24) is 4.90 Å². The van der Waals surface area contributed by atoms with E-state index in [1.165, 1.54) is 4.90 Å². The Hall–Kier alpha value is -3.56. The number of hydrogen-bond acceptors (Lipinski definition) is 7. The van der Waals surface area contributed by atoms with Crippen LogP contribution in [-0.4, -0.2) is 75.8 Å². The van der Waals surface area contributed by atoms with Gasteiger partial charge in [0.2, 0.25) is 5.78 Å². The van der Waals surface area contributed by atoms with Gasteiger partial charge >= 0.3 is 0 Å². The second-order valence-corrected chi connectivity index (χ2v) is 9.71. The van der Waals surface area contributed by atoms with Gasteiger partial charge in [0.1, 0.15) is 32.1 Å². The predicted octanol–water partition coefficient (Wildman–Crippen LogP) is 0.776. The molecule has 38 heavy (non-hydrogen) atoms. The molecule has 1 atom stereocenters. The predicted molar refractivity (Wildman–Crippen MR) is 137 cm³/mol. The highest BCUT2D eigenvalue weighted by Crippen LogP contribution is 2.40. The van der Waals surface area contributed by atoms with Gasteiger partial charge in [0.15, 0.2) is 11.5 Å². The molecule has 3 aliphatic rings. The van der Waals surface area contributed by atoms with E-state index in [2.05, 4.69) is 0 Å². The summed E-state index contributed by atoms with van der Waals surface area (Å²) in [5.74, 6) is -0.151. The number of fused-ring (bicyclic) bond motifs is 1. The van der Waals surface area contributed by atoms with Crippen molar-refractivity contribution in [1.29, 1.82) is 0 Å². The fourth-order valence-electron chi connectivity index (χ4n) is 5.16. The van der Waals surface area contributed by atoms with Gasteiger partial charge < -0.3 is 33.9 Å². The molecule has 0 aromatic heterocycles. The molecule has 1 unspecified atom stereocenters. The molecular weight excluding hydrogens is 488 g/mol. The minimum atomic E-state index is -0.768. The molecule has 9 heteroatoms. The van der Waals surface area contributed by atoms with Gasteiger partial charge in [0.25, 0.3) is 5.91 Å². The van der Waals surface area contributed by atoms with E-state index in [9.17, 15) is 14.7 Å². The number of hydrogen-bond donors (Lipinski definition) is 1. The van der Waals surface area contributed by atoms with E-state index >= 15 is 0 Å². The number of likely N-dealkylation sites (tertiary alicyclic amines) is 1. The van der Waals surface area contributed by atoms with Crippen LogP contribution in [0.4, 0.5) is 0 Å². The van der Waals surface area contributed by atoms with Crippen LogP contribution in [-0.2, 0) is 14.3 Å². The first-order chi connectivity index (χ1) is 18.6. The van der Waals surface area contributed by atoms with Crippen LogP contribution in [0, 0.1) is 0 Å². The van der Waals surface area contributed by atoms with Gasteiger partial charge in [-0.3, -0.25) is 9.59 Å². The summed E-state index contributed by atoms with van der Waals surface area (Å²) >= 11 is 0. The molecule has 2 aromatic carbocycles. The normalized spacial score (nSPS) is 21.1. The maximum Gasteiger partial charge on any atom is 0.295 e. The molecule has 0 bridgehead atoms. The van der Waals surface area contributed by atoms with Crippen molar-refractivity contribution in [2.45, 2.75) is 25.8 Å². The quantitative estimate of drug-likeness (QED) is 0.295. The summed E-state index contributed by atoms with van der Waals surface area (Å²) in [4.78, 5) is 29.6. The van der Waals surface area contributed by atoms with Crippen LogP contribution < -0.4 is 24.2 Å². The van der Waals surface area contributed by atoms with Crippen molar-refractivity contribution in [2.24, 2.45) is 0 Å². The molecule has 2 aromatic rings. The summed E-state index contributed by atoms with van der Waals surface area (Å²) < 4.78 is 22.4. The Morgan fingerprint density at radius 2 is 1.76 bits per heavy atom. The molecule has 0 radical (unpaired) electrons. The minimum Gasteiger partial charge on any atom is -0.872 e. The Labute approximate surface area is 222 Å². The Kier molecular flexibility index (Phi) is 8.14. The van der Waals surface area contributed by atoms with Gasteiger partial charge in [-0.25, -0.2) is 0 Å². The largest absolute Gasteiger partial charge is 0.872 e. The van der Waals surface area contributed by atoms with Crippen molar-refractivity contribution in [2.75, 3.05) is 59.2 Å². The van der Waals surface area contributed by atoms with Gasteiger partial charge in [0, 0.05) is 18.5 Å². The lowest BCUT2D eigenvalue weighted by atomic mass is 9.95. The van der Waals surface area contributed by atoms with Crippen molar-refractivity contribution in [3.63, 3.8) is 0 Å². The zero-order valence-electron chi connectivity index (χ0n) is 21.7. The van der Waals surface area contributed by atoms with E-state index in [0.29, 0.717) is 55.6 Å². The molecule has 9 nitrogen and oxygen atoms in total. The highest BCUT2D eigenvalue weighted by Gasteiger charge is 2.44. The Bertz CT molecular complexity index is 1190. The van der Waals surface area contributed by atoms with Crippen molar-refractivity contribution >= 4 is 17.4 Å². The number of nitrogens with one attached hydrogen (secondary N) is 1. The van der Waals surface area contributed by atoms with Gasteiger partial charge in [0.05, 0.1) is 32.4 Å². The SMILES string of the molecule is CCCOc1ccc(C2C(=C([O-])c3ccc4c(c3)OCCO4)C(=O)C(=O)N2CCC[NH+]2CCOCC2)cc1. The zero-order valence-corrected chi connectivity index (χ0v) is 21.7. The minimum absolute atomic E-state index is 0.0346. The molecule has 2 saturated heterocycles. The summed E-state index contributed by atoms with van der Waals surface area (Å²) in [5, 5.41) is 13.8. The third kappa shape index (κ3) is 5.49. The number of carbonyl (C=O) groups is 2. The maximum absolute atomic E-state index is 13.8. The summed E-state index contributed by atoms with van der Waals surface area (Å²) in [6.07, 6.45) is 1.60. The van der Waals surface area contributed by atoms with E-state index in [1.807, 2.05) is 31.2 Å². The molecule has 0 aliphatic carbocycles. The second-order valence-electron chi connectivity index (χ2n) is 9.71. The molecule has 202 valence electrons. The molecule has 3 aliphatic heterocycles. The summed E-state index contributed by atoms with van der Waals surface area (Å²) in [5.41, 5.74) is 0.957. The maximum atomic E-state index is 13.8. The van der Waals surface area contributed by atoms with Crippen LogP contribution in [0.3, 0.4) is 0 Å². The average molecular weight is 523 g/mol. The van der Waals surface area contributed by atoms with Crippen LogP contribution in [0.15, 0.2) is 48.0 Å². The van der Waals surface area contributed by atoms with Gasteiger partial charge in [-0.05, 0) is 41.8 Å². The molecule has 1 amide bonds. The van der Waals surface area contributed by atoms with Crippen molar-refractivity contribution < 1.29 is 38.5 Å². The lowest BCUT2D eigenvalue weighted by Crippen LogP contribution is -3.14. The molecular formula is C29H34N2O7. The number of ether oxygens (including phenoxy) is 4. The lowest BCUT2D eigenvalue weighted by molar-refractivity contribution is -0.908. The highest BCUT2D eigenvalue weighted by atomic mass is 16.6. The fraction of sp³-hybridized carbons (Fsp3) is 0.448. The number of quaternary nitrogens is 1. The van der Waals surface area contributed by atoms with Crippen molar-refractivity contribution in [3.8, 4) is 17.2 Å². The lowest BCUT2D eigenvalue weighted by Gasteiger charge is -2.29. The third-order valence-corrected chi connectivity index (χ3v) is 7.13. The van der Waals surface area contributed by atoms with Gasteiger partial charge in [-0.2, -0.15) is 0 Å². The Morgan fingerprint density at radius 1 is 1.03 bits per heavy atom. The molecule has 2 fully saturated rings. The number of benzene rings is 2. The van der Waals surface area contributed by atoms with Crippen molar-refractivity contribution in [3.05, 3.63) is 59.2 Å². The number of Topliss-reactive ketones (excluding diaryl/α,β-unsaturated/α-hetero) is 1. The molecule has 1 N–H and O–H groups in total. The monoisotopic (exact) mass is 522 g/mol. The molecule has 5 rings (SSSR count). The first-order valence-electron chi connectivity index (χ1n) is 13.4. The number of nitrogens with zero attached hydrogens (tertiary/aromatic N) is 1. The third-order valence-electron chi connectivity index (χ3n) is 7.13. The second kappa shape index (κ2) is 11.9. The molecule has 0 saturated carbocycles. The fourth-order valence-corrected chi connectivity index (χ4v) is 5.16. The number of carbonyl (C=O) groups excluding carboxylic acids is 2. The number of amides is 1. The topological polar surface area (TPSA) is 102 Å². The first-order valence-corrected chi connectivity index (χ1v) is 13.4. The molecule has 3 heterocycles. The number of morpholine rings is 1. The molecule has 0 spiro atoms. The van der Waals surface area contributed by atoms with E-state index < -0.39 is 23.5 Å². The van der Waals surface area contributed by atoms with Crippen LogP contribution in [0.2, 0.25) is 0 Å². The summed E-state index contributed by atoms with van der Waals surface area (Å²) in [6, 6.07) is 11.4. The first kappa shape index (κ1) is 26.1.